The van der Waals surface area contributed by atoms with E-state index < -0.39 is 18.2 Å². The Labute approximate surface area is 201 Å². The van der Waals surface area contributed by atoms with Crippen molar-refractivity contribution in [3.05, 3.63) is 96.6 Å². The van der Waals surface area contributed by atoms with Crippen LogP contribution in [0.1, 0.15) is 38.4 Å². The highest BCUT2D eigenvalue weighted by Gasteiger charge is 2.33. The molecule has 0 aliphatic heterocycles. The number of carbonyl (C=O) groups excluding carboxylic acids is 2. The number of hydrogen-bond acceptors (Lipinski definition) is 5. The van der Waals surface area contributed by atoms with Crippen LogP contribution in [-0.4, -0.2) is 40.4 Å². The lowest BCUT2D eigenvalue weighted by Gasteiger charge is -2.31. The summed E-state index contributed by atoms with van der Waals surface area (Å²) in [4.78, 5) is 28.5. The molecule has 0 radical (unpaired) electrons. The standard InChI is InChI=1S/C28H33N3O3/c1-3-24(29-22-16-10-6-11-17-22)27(33)31(20-26(32)21-14-8-5-9-15-21)28(34)25(4-2)30-23-18-12-7-13-19-23/h5-19,24-26,29-30,32H,3-4,20H2,1-2H3/t24-,25+,26-/m0/s1. The van der Waals surface area contributed by atoms with Crippen LogP contribution in [0.4, 0.5) is 11.4 Å². The van der Waals surface area contributed by atoms with Gasteiger partial charge in [-0.25, -0.2) is 0 Å². The zero-order valence-corrected chi connectivity index (χ0v) is 19.7. The maximum absolute atomic E-state index is 13.7. The van der Waals surface area contributed by atoms with Crippen LogP contribution in [0.25, 0.3) is 0 Å². The Bertz CT molecular complexity index is 967. The molecule has 34 heavy (non-hydrogen) atoms. The van der Waals surface area contributed by atoms with Crippen molar-refractivity contribution in [3.63, 3.8) is 0 Å². The molecule has 0 fully saturated rings. The van der Waals surface area contributed by atoms with Crippen molar-refractivity contribution in [2.24, 2.45) is 0 Å². The van der Waals surface area contributed by atoms with E-state index in [1.54, 1.807) is 12.1 Å². The maximum Gasteiger partial charge on any atom is 0.251 e. The van der Waals surface area contributed by atoms with E-state index in [9.17, 15) is 14.7 Å². The highest BCUT2D eigenvalue weighted by molar-refractivity contribution is 6.02. The first-order valence-corrected chi connectivity index (χ1v) is 11.7. The Morgan fingerprint density at radius 3 is 1.47 bits per heavy atom. The summed E-state index contributed by atoms with van der Waals surface area (Å²) in [7, 11) is 0. The molecule has 3 rings (SSSR count). The summed E-state index contributed by atoms with van der Waals surface area (Å²) in [6.07, 6.45) is -0.0125. The molecule has 0 bridgehead atoms. The topological polar surface area (TPSA) is 81.7 Å². The van der Waals surface area contributed by atoms with Gasteiger partial charge in [-0.1, -0.05) is 80.6 Å². The zero-order valence-electron chi connectivity index (χ0n) is 19.7. The van der Waals surface area contributed by atoms with E-state index in [-0.39, 0.29) is 18.4 Å². The number of rotatable bonds is 11. The molecule has 3 N–H and O–H groups in total. The quantitative estimate of drug-likeness (QED) is 0.382. The van der Waals surface area contributed by atoms with Crippen molar-refractivity contribution in [2.45, 2.75) is 44.9 Å². The van der Waals surface area contributed by atoms with E-state index in [1.807, 2.05) is 92.7 Å². The van der Waals surface area contributed by atoms with Gasteiger partial charge in [-0.2, -0.15) is 0 Å². The zero-order chi connectivity index (χ0) is 24.3. The van der Waals surface area contributed by atoms with Crippen molar-refractivity contribution in [2.75, 3.05) is 17.2 Å². The Morgan fingerprint density at radius 2 is 1.09 bits per heavy atom. The summed E-state index contributed by atoms with van der Waals surface area (Å²) in [6, 6.07) is 26.8. The van der Waals surface area contributed by atoms with Gasteiger partial charge >= 0.3 is 0 Å². The molecule has 0 saturated heterocycles. The second-order valence-corrected chi connectivity index (χ2v) is 8.16. The molecule has 0 heterocycles. The van der Waals surface area contributed by atoms with Gasteiger partial charge < -0.3 is 15.7 Å². The molecule has 6 heteroatoms. The third-order valence-corrected chi connectivity index (χ3v) is 5.71. The van der Waals surface area contributed by atoms with Gasteiger partial charge in [-0.3, -0.25) is 14.5 Å². The third kappa shape index (κ3) is 6.68. The number of benzene rings is 3. The van der Waals surface area contributed by atoms with Crippen LogP contribution >= 0.6 is 0 Å². The fraction of sp³-hybridized carbons (Fsp3) is 0.286. The Kier molecular flexibility index (Phi) is 9.23. The molecule has 6 nitrogen and oxygen atoms in total. The summed E-state index contributed by atoms with van der Waals surface area (Å²) in [6.45, 7) is 3.67. The van der Waals surface area contributed by atoms with Crippen LogP contribution in [0.2, 0.25) is 0 Å². The second kappa shape index (κ2) is 12.6. The largest absolute Gasteiger partial charge is 0.387 e. The summed E-state index contributed by atoms with van der Waals surface area (Å²) in [5, 5.41) is 17.4. The number of para-hydroxylation sites is 2. The van der Waals surface area contributed by atoms with E-state index in [2.05, 4.69) is 10.6 Å². The van der Waals surface area contributed by atoms with Crippen molar-refractivity contribution < 1.29 is 14.7 Å². The monoisotopic (exact) mass is 459 g/mol. The Hall–Kier alpha value is -3.64. The smallest absolute Gasteiger partial charge is 0.251 e. The predicted octanol–water partition coefficient (Wildman–Crippen LogP) is 4.86. The highest BCUT2D eigenvalue weighted by Crippen LogP contribution is 2.19. The third-order valence-electron chi connectivity index (χ3n) is 5.71. The van der Waals surface area contributed by atoms with Crippen molar-refractivity contribution in [3.8, 4) is 0 Å². The van der Waals surface area contributed by atoms with E-state index >= 15 is 0 Å². The molecule has 0 spiro atoms. The first-order valence-electron chi connectivity index (χ1n) is 11.7. The van der Waals surface area contributed by atoms with Gasteiger partial charge in [0.2, 0.25) is 0 Å². The molecular weight excluding hydrogens is 426 g/mol. The van der Waals surface area contributed by atoms with Crippen LogP contribution in [0, 0.1) is 0 Å². The van der Waals surface area contributed by atoms with E-state index in [4.69, 9.17) is 0 Å². The van der Waals surface area contributed by atoms with E-state index in [0.717, 1.165) is 11.4 Å². The molecule has 0 aliphatic carbocycles. The SMILES string of the molecule is CC[C@H](Nc1ccccc1)C(=O)N(C[C@H](O)c1ccccc1)C(=O)[C@@H](CC)Nc1ccccc1. The van der Waals surface area contributed by atoms with Gasteiger partial charge in [0.1, 0.15) is 12.1 Å². The van der Waals surface area contributed by atoms with Crippen LogP contribution in [0.15, 0.2) is 91.0 Å². The number of carbonyl (C=O) groups is 2. The van der Waals surface area contributed by atoms with Gasteiger partial charge in [-0.15, -0.1) is 0 Å². The second-order valence-electron chi connectivity index (χ2n) is 8.16. The summed E-state index contributed by atoms with van der Waals surface area (Å²) < 4.78 is 0. The van der Waals surface area contributed by atoms with Gasteiger partial charge in [0.15, 0.2) is 0 Å². The van der Waals surface area contributed by atoms with Crippen LogP contribution in [-0.2, 0) is 9.59 Å². The van der Waals surface area contributed by atoms with Gasteiger partial charge in [0.05, 0.1) is 12.6 Å². The number of hydrogen-bond donors (Lipinski definition) is 3. The molecule has 178 valence electrons. The van der Waals surface area contributed by atoms with Crippen LogP contribution < -0.4 is 10.6 Å². The molecule has 0 aliphatic rings. The number of aliphatic hydroxyl groups is 1. The minimum Gasteiger partial charge on any atom is -0.387 e. The lowest BCUT2D eigenvalue weighted by atomic mass is 10.1. The van der Waals surface area contributed by atoms with Crippen molar-refractivity contribution in [1.82, 2.24) is 4.90 Å². The Morgan fingerprint density at radius 1 is 0.706 bits per heavy atom. The average Bonchev–Trinajstić information content (AvgIpc) is 2.89. The molecular formula is C28H33N3O3. The maximum atomic E-state index is 13.7. The molecule has 0 unspecified atom stereocenters. The summed E-state index contributed by atoms with van der Waals surface area (Å²) >= 11 is 0. The number of anilines is 2. The highest BCUT2D eigenvalue weighted by atomic mass is 16.3. The van der Waals surface area contributed by atoms with Crippen molar-refractivity contribution in [1.29, 1.82) is 0 Å². The number of amides is 2. The minimum atomic E-state index is -0.988. The first kappa shape index (κ1) is 25.0. The summed E-state index contributed by atoms with van der Waals surface area (Å²) in [5.41, 5.74) is 2.25. The number of imide groups is 1. The normalized spacial score (nSPS) is 13.4. The molecule has 3 aromatic carbocycles. The molecule has 0 aromatic heterocycles. The number of nitrogens with one attached hydrogen (secondary N) is 2. The number of aliphatic hydroxyl groups excluding tert-OH is 1. The van der Waals surface area contributed by atoms with E-state index in [0.29, 0.717) is 18.4 Å². The summed E-state index contributed by atoms with van der Waals surface area (Å²) in [5.74, 6) is -0.723. The van der Waals surface area contributed by atoms with Crippen LogP contribution in [0.5, 0.6) is 0 Å². The minimum absolute atomic E-state index is 0.123. The Balaban J connectivity index is 1.86. The predicted molar refractivity (Wildman–Crippen MR) is 136 cm³/mol. The van der Waals surface area contributed by atoms with Gasteiger partial charge in [0, 0.05) is 11.4 Å². The van der Waals surface area contributed by atoms with Crippen molar-refractivity contribution >= 4 is 23.2 Å². The molecule has 2 amide bonds. The average molecular weight is 460 g/mol. The van der Waals surface area contributed by atoms with E-state index in [1.165, 1.54) is 4.90 Å². The number of nitrogens with zero attached hydrogens (tertiary/aromatic N) is 1. The molecule has 3 aromatic rings. The molecule has 3 atom stereocenters. The lowest BCUT2D eigenvalue weighted by Crippen LogP contribution is -2.52. The molecule has 0 saturated carbocycles. The fourth-order valence-corrected chi connectivity index (χ4v) is 3.77. The first-order chi connectivity index (χ1) is 16.5. The van der Waals surface area contributed by atoms with Gasteiger partial charge in [0.25, 0.3) is 11.8 Å². The lowest BCUT2D eigenvalue weighted by molar-refractivity contribution is -0.147. The van der Waals surface area contributed by atoms with Gasteiger partial charge in [-0.05, 0) is 42.7 Å². The fourth-order valence-electron chi connectivity index (χ4n) is 3.77. The van der Waals surface area contributed by atoms with Crippen LogP contribution in [0.3, 0.4) is 0 Å².